The van der Waals surface area contributed by atoms with E-state index in [0.29, 0.717) is 18.0 Å². The highest BCUT2D eigenvalue weighted by Crippen LogP contribution is 2.27. The Morgan fingerprint density at radius 2 is 2.27 bits per heavy atom. The highest BCUT2D eigenvalue weighted by Gasteiger charge is 2.27. The quantitative estimate of drug-likeness (QED) is 0.630. The smallest absolute Gasteiger partial charge is 0.339 e. The molecule has 0 spiro atoms. The minimum absolute atomic E-state index is 0.176. The molecule has 1 unspecified atom stereocenters. The van der Waals surface area contributed by atoms with Crippen molar-refractivity contribution in [3.8, 4) is 0 Å². The molecule has 1 aromatic rings. The Labute approximate surface area is 125 Å². The molecule has 0 amide bonds. The molecule has 1 aromatic heterocycles. The van der Waals surface area contributed by atoms with Crippen LogP contribution in [0, 0.1) is 5.95 Å². The average Bonchev–Trinajstić information content (AvgIpc) is 2.96. The number of hydrogen-bond acceptors (Lipinski definition) is 5. The van der Waals surface area contributed by atoms with Crippen LogP contribution in [0.15, 0.2) is 47.2 Å². The van der Waals surface area contributed by atoms with E-state index < -0.39 is 18.6 Å². The van der Waals surface area contributed by atoms with Crippen LogP contribution in [0.2, 0.25) is 0 Å². The zero-order valence-electron chi connectivity index (χ0n) is 11.6. The van der Waals surface area contributed by atoms with Gasteiger partial charge in [-0.3, -0.25) is 4.99 Å². The van der Waals surface area contributed by atoms with Crippen molar-refractivity contribution in [3.63, 3.8) is 0 Å². The Morgan fingerprint density at radius 1 is 1.41 bits per heavy atom. The summed E-state index contributed by atoms with van der Waals surface area (Å²) in [4.78, 5) is 21.6. The second-order valence-electron chi connectivity index (χ2n) is 4.81. The molecule has 2 aliphatic heterocycles. The zero-order valence-corrected chi connectivity index (χ0v) is 11.6. The summed E-state index contributed by atoms with van der Waals surface area (Å²) in [6.45, 7) is -0.444. The Bertz CT molecular complexity index is 668. The van der Waals surface area contributed by atoms with Gasteiger partial charge in [-0.15, -0.1) is 0 Å². The number of halogens is 2. The fourth-order valence-corrected chi connectivity index (χ4v) is 2.29. The number of fused-ring (bicyclic) bond motifs is 1. The van der Waals surface area contributed by atoms with Crippen LogP contribution in [0.4, 0.5) is 8.78 Å². The van der Waals surface area contributed by atoms with E-state index in [4.69, 9.17) is 4.74 Å². The molecular weight excluding hydrogens is 292 g/mol. The second-order valence-corrected chi connectivity index (χ2v) is 4.81. The van der Waals surface area contributed by atoms with Gasteiger partial charge < -0.3 is 9.64 Å². The lowest BCUT2D eigenvalue weighted by molar-refractivity contribution is -0.139. The highest BCUT2D eigenvalue weighted by molar-refractivity contribution is 6.02. The van der Waals surface area contributed by atoms with Gasteiger partial charge in [0, 0.05) is 12.4 Å². The molecule has 5 nitrogen and oxygen atoms in total. The number of esters is 1. The van der Waals surface area contributed by atoms with E-state index in [-0.39, 0.29) is 12.6 Å². The van der Waals surface area contributed by atoms with Crippen LogP contribution >= 0.6 is 0 Å². The van der Waals surface area contributed by atoms with Gasteiger partial charge in [0.1, 0.15) is 19.1 Å². The maximum Gasteiger partial charge on any atom is 0.339 e. The topological polar surface area (TPSA) is 54.8 Å². The largest absolute Gasteiger partial charge is 0.459 e. The van der Waals surface area contributed by atoms with Crippen LogP contribution in [0.5, 0.6) is 0 Å². The van der Waals surface area contributed by atoms with Crippen molar-refractivity contribution in [2.75, 3.05) is 19.8 Å². The number of ether oxygens (including phenoxy) is 1. The molecule has 0 N–H and O–H groups in total. The van der Waals surface area contributed by atoms with Gasteiger partial charge in [-0.05, 0) is 23.8 Å². The number of pyridine rings is 1. The molecule has 22 heavy (non-hydrogen) atoms. The SMILES string of the molecule is O=C(OCCF)C1=CN2CC(c3ccc(F)nc3)N=C2C=C1. The first-order valence-corrected chi connectivity index (χ1v) is 6.76. The van der Waals surface area contributed by atoms with E-state index in [1.165, 1.54) is 12.3 Å². The molecule has 0 fully saturated rings. The summed E-state index contributed by atoms with van der Waals surface area (Å²) in [5.74, 6) is -0.402. The summed E-state index contributed by atoms with van der Waals surface area (Å²) in [5, 5.41) is 0. The summed E-state index contributed by atoms with van der Waals surface area (Å²) >= 11 is 0. The number of nitrogens with zero attached hydrogens (tertiary/aromatic N) is 3. The van der Waals surface area contributed by atoms with Gasteiger partial charge in [0.15, 0.2) is 0 Å². The zero-order chi connectivity index (χ0) is 15.5. The van der Waals surface area contributed by atoms with E-state index in [2.05, 4.69) is 9.98 Å². The fourth-order valence-electron chi connectivity index (χ4n) is 2.29. The van der Waals surface area contributed by atoms with Crippen LogP contribution in [0.1, 0.15) is 11.6 Å². The van der Waals surface area contributed by atoms with E-state index in [0.717, 1.165) is 5.56 Å². The van der Waals surface area contributed by atoms with Crippen LogP contribution in [0.3, 0.4) is 0 Å². The molecule has 2 aliphatic rings. The first-order valence-electron chi connectivity index (χ1n) is 6.76. The third kappa shape index (κ3) is 2.88. The Kier molecular flexibility index (Phi) is 3.95. The number of amidine groups is 1. The lowest BCUT2D eigenvalue weighted by atomic mass is 10.1. The predicted molar refractivity (Wildman–Crippen MR) is 75.2 cm³/mol. The van der Waals surface area contributed by atoms with Crippen molar-refractivity contribution in [3.05, 3.63) is 53.8 Å². The van der Waals surface area contributed by atoms with Crippen molar-refractivity contribution in [2.24, 2.45) is 4.99 Å². The number of carbonyl (C=O) groups excluding carboxylic acids is 1. The summed E-state index contributed by atoms with van der Waals surface area (Å²) < 4.78 is 29.6. The number of alkyl halides is 1. The normalized spacial score (nSPS) is 19.5. The predicted octanol–water partition coefficient (Wildman–Crippen LogP) is 1.94. The number of hydrogen-bond donors (Lipinski definition) is 0. The van der Waals surface area contributed by atoms with Crippen molar-refractivity contribution in [2.45, 2.75) is 6.04 Å². The lowest BCUT2D eigenvalue weighted by Crippen LogP contribution is -2.25. The maximum absolute atomic E-state index is 12.9. The standard InChI is InChI=1S/C15H13F2N3O2/c16-5-6-22-15(21)11-2-4-14-19-12(9-20(14)8-11)10-1-3-13(17)18-7-10/h1-4,7-8,12H,5-6,9H2. The summed E-state index contributed by atoms with van der Waals surface area (Å²) in [6, 6.07) is 2.75. The molecule has 3 rings (SSSR count). The first-order chi connectivity index (χ1) is 10.7. The molecule has 0 radical (unpaired) electrons. The summed E-state index contributed by atoms with van der Waals surface area (Å²) in [6.07, 6.45) is 6.35. The highest BCUT2D eigenvalue weighted by atomic mass is 19.1. The number of aromatic nitrogens is 1. The molecule has 0 bridgehead atoms. The summed E-state index contributed by atoms with van der Waals surface area (Å²) in [5.41, 5.74) is 1.14. The van der Waals surface area contributed by atoms with E-state index in [1.807, 2.05) is 0 Å². The van der Waals surface area contributed by atoms with Crippen LogP contribution < -0.4 is 0 Å². The molecular formula is C15H13F2N3O2. The van der Waals surface area contributed by atoms with Crippen molar-refractivity contribution < 1.29 is 18.3 Å². The van der Waals surface area contributed by atoms with Crippen LogP contribution in [-0.2, 0) is 9.53 Å². The number of aliphatic imine (C=N–C) groups is 1. The Morgan fingerprint density at radius 3 is 3.00 bits per heavy atom. The van der Waals surface area contributed by atoms with Crippen LogP contribution in [0.25, 0.3) is 0 Å². The van der Waals surface area contributed by atoms with Gasteiger partial charge in [0.2, 0.25) is 5.95 Å². The molecule has 114 valence electrons. The van der Waals surface area contributed by atoms with Gasteiger partial charge in [0.25, 0.3) is 0 Å². The molecule has 1 atom stereocenters. The van der Waals surface area contributed by atoms with Gasteiger partial charge >= 0.3 is 5.97 Å². The monoisotopic (exact) mass is 305 g/mol. The lowest BCUT2D eigenvalue weighted by Gasteiger charge is -2.19. The average molecular weight is 305 g/mol. The third-order valence-corrected chi connectivity index (χ3v) is 3.34. The molecule has 0 saturated carbocycles. The molecule has 3 heterocycles. The van der Waals surface area contributed by atoms with E-state index in [9.17, 15) is 13.6 Å². The van der Waals surface area contributed by atoms with Crippen molar-refractivity contribution >= 4 is 11.8 Å². The van der Waals surface area contributed by atoms with E-state index >= 15 is 0 Å². The second kappa shape index (κ2) is 6.05. The summed E-state index contributed by atoms with van der Waals surface area (Å²) in [7, 11) is 0. The minimum Gasteiger partial charge on any atom is -0.459 e. The van der Waals surface area contributed by atoms with Gasteiger partial charge in [0.05, 0.1) is 18.2 Å². The first kappa shape index (κ1) is 14.4. The molecule has 0 aliphatic carbocycles. The van der Waals surface area contributed by atoms with Gasteiger partial charge in [-0.1, -0.05) is 6.07 Å². The number of carbonyl (C=O) groups is 1. The fraction of sp³-hybridized carbons (Fsp3) is 0.267. The van der Waals surface area contributed by atoms with Gasteiger partial charge in [-0.25, -0.2) is 14.2 Å². The van der Waals surface area contributed by atoms with Crippen molar-refractivity contribution in [1.82, 2.24) is 9.88 Å². The maximum atomic E-state index is 12.9. The van der Waals surface area contributed by atoms with Gasteiger partial charge in [-0.2, -0.15) is 4.39 Å². The Hall–Kier alpha value is -2.57. The molecule has 7 heteroatoms. The number of rotatable bonds is 4. The van der Waals surface area contributed by atoms with Crippen molar-refractivity contribution in [1.29, 1.82) is 0 Å². The molecule has 0 saturated heterocycles. The van der Waals surface area contributed by atoms with Crippen LogP contribution in [-0.4, -0.2) is 41.5 Å². The Balaban J connectivity index is 1.73. The third-order valence-electron chi connectivity index (χ3n) is 3.34. The molecule has 0 aromatic carbocycles. The van der Waals surface area contributed by atoms with E-state index in [1.54, 1.807) is 29.3 Å². The minimum atomic E-state index is -0.710.